The highest BCUT2D eigenvalue weighted by Gasteiger charge is 2.48. The number of para-hydroxylation sites is 1. The van der Waals surface area contributed by atoms with E-state index in [0.29, 0.717) is 44.0 Å². The molecule has 0 bridgehead atoms. The van der Waals surface area contributed by atoms with Gasteiger partial charge in [-0.3, -0.25) is 14.5 Å². The lowest BCUT2D eigenvalue weighted by molar-refractivity contribution is -0.132. The van der Waals surface area contributed by atoms with E-state index in [2.05, 4.69) is 4.98 Å². The molecule has 9 heteroatoms. The Hall–Kier alpha value is -4.66. The third kappa shape index (κ3) is 4.68. The van der Waals surface area contributed by atoms with Crippen molar-refractivity contribution in [2.45, 2.75) is 6.04 Å². The van der Waals surface area contributed by atoms with Crippen LogP contribution in [0.3, 0.4) is 0 Å². The summed E-state index contributed by atoms with van der Waals surface area (Å²) < 4.78 is 12.1. The van der Waals surface area contributed by atoms with Crippen LogP contribution in [0.15, 0.2) is 103 Å². The van der Waals surface area contributed by atoms with Gasteiger partial charge in [0, 0.05) is 10.6 Å². The molecule has 4 aromatic carbocycles. The largest absolute Gasteiger partial charge is 0.507 e. The van der Waals surface area contributed by atoms with E-state index in [1.807, 2.05) is 30.3 Å². The zero-order valence-corrected chi connectivity index (χ0v) is 22.6. The number of rotatable bonds is 6. The smallest absolute Gasteiger partial charge is 0.301 e. The summed E-state index contributed by atoms with van der Waals surface area (Å²) in [5.74, 6) is -0.301. The van der Waals surface area contributed by atoms with Gasteiger partial charge in [-0.25, -0.2) is 4.98 Å². The molecule has 1 atom stereocenters. The topological polar surface area (TPSA) is 89.0 Å². The maximum absolute atomic E-state index is 13.6. The first-order valence-electron chi connectivity index (χ1n) is 12.3. The van der Waals surface area contributed by atoms with E-state index in [0.717, 1.165) is 4.70 Å². The second kappa shape index (κ2) is 10.5. The van der Waals surface area contributed by atoms with Gasteiger partial charge < -0.3 is 14.6 Å². The van der Waals surface area contributed by atoms with E-state index in [9.17, 15) is 14.7 Å². The van der Waals surface area contributed by atoms with Gasteiger partial charge in [-0.2, -0.15) is 0 Å². The maximum atomic E-state index is 13.6. The first-order valence-corrected chi connectivity index (χ1v) is 13.5. The van der Waals surface area contributed by atoms with Crippen molar-refractivity contribution in [1.82, 2.24) is 4.98 Å². The first-order chi connectivity index (χ1) is 19.4. The normalized spacial score (nSPS) is 16.4. The molecular formula is C31H21ClN2O5S. The van der Waals surface area contributed by atoms with Crippen LogP contribution in [-0.4, -0.2) is 28.9 Å². The van der Waals surface area contributed by atoms with Crippen molar-refractivity contribution in [2.24, 2.45) is 0 Å². The molecule has 1 amide bonds. The number of anilines is 1. The van der Waals surface area contributed by atoms with Gasteiger partial charge >= 0.3 is 5.91 Å². The summed E-state index contributed by atoms with van der Waals surface area (Å²) in [5, 5.41) is 12.3. The number of Topliss-reactive ketones (excluding diaryl/α,β-unsaturated/α-hetero) is 1. The Balaban J connectivity index is 1.53. The Morgan fingerprint density at radius 1 is 0.900 bits per heavy atom. The van der Waals surface area contributed by atoms with Gasteiger partial charge in [0.2, 0.25) is 0 Å². The van der Waals surface area contributed by atoms with Gasteiger partial charge in [-0.15, -0.1) is 0 Å². The second-order valence-electron chi connectivity index (χ2n) is 9.00. The first kappa shape index (κ1) is 25.6. The molecule has 6 rings (SSSR count). The van der Waals surface area contributed by atoms with E-state index >= 15 is 0 Å². The van der Waals surface area contributed by atoms with Crippen LogP contribution in [0, 0.1) is 0 Å². The summed E-state index contributed by atoms with van der Waals surface area (Å²) in [7, 11) is 1.51. The summed E-state index contributed by atoms with van der Waals surface area (Å²) in [5.41, 5.74) is 1.48. The van der Waals surface area contributed by atoms with Crippen molar-refractivity contribution in [3.63, 3.8) is 0 Å². The molecule has 1 saturated heterocycles. The van der Waals surface area contributed by atoms with E-state index < -0.39 is 17.7 Å². The van der Waals surface area contributed by atoms with E-state index in [1.54, 1.807) is 66.7 Å². The lowest BCUT2D eigenvalue weighted by atomic mass is 9.95. The molecule has 0 radical (unpaired) electrons. The molecule has 0 saturated carbocycles. The number of hydrogen-bond acceptors (Lipinski definition) is 7. The molecule has 40 heavy (non-hydrogen) atoms. The fourth-order valence-electron chi connectivity index (χ4n) is 4.63. The molecule has 198 valence electrons. The number of thiazole rings is 1. The number of aromatic nitrogens is 1. The number of carbonyl (C=O) groups excluding carboxylic acids is 2. The Labute approximate surface area is 238 Å². The van der Waals surface area contributed by atoms with Crippen molar-refractivity contribution in [3.8, 4) is 17.2 Å². The minimum Gasteiger partial charge on any atom is -0.507 e. The van der Waals surface area contributed by atoms with Crippen LogP contribution in [0.5, 0.6) is 17.2 Å². The zero-order valence-electron chi connectivity index (χ0n) is 21.1. The minimum absolute atomic E-state index is 0.0626. The van der Waals surface area contributed by atoms with Crippen LogP contribution in [0.1, 0.15) is 17.2 Å². The lowest BCUT2D eigenvalue weighted by Crippen LogP contribution is -2.29. The molecule has 0 spiro atoms. The maximum Gasteiger partial charge on any atom is 0.301 e. The number of benzene rings is 4. The fourth-order valence-corrected chi connectivity index (χ4v) is 5.90. The SMILES string of the molecule is COc1cccc(/C(O)=C2\C(=O)C(=O)N(c3nc4ccc(Cl)cc4s3)C2c2cccc(Oc3ccccc3)c2)c1. The summed E-state index contributed by atoms with van der Waals surface area (Å²) >= 11 is 7.42. The number of nitrogens with zero attached hydrogens (tertiary/aromatic N) is 2. The third-order valence-electron chi connectivity index (χ3n) is 6.49. The summed E-state index contributed by atoms with van der Waals surface area (Å²) in [6, 6.07) is 27.3. The zero-order chi connectivity index (χ0) is 27.8. The summed E-state index contributed by atoms with van der Waals surface area (Å²) in [6.45, 7) is 0. The second-order valence-corrected chi connectivity index (χ2v) is 10.4. The van der Waals surface area contributed by atoms with E-state index in [1.165, 1.54) is 23.3 Å². The third-order valence-corrected chi connectivity index (χ3v) is 7.74. The molecule has 0 aliphatic carbocycles. The quantitative estimate of drug-likeness (QED) is 0.131. The van der Waals surface area contributed by atoms with Crippen molar-refractivity contribution in [2.75, 3.05) is 12.0 Å². The number of aliphatic hydroxyl groups excluding tert-OH is 1. The number of aliphatic hydroxyl groups is 1. The van der Waals surface area contributed by atoms with Crippen LogP contribution in [0.2, 0.25) is 5.02 Å². The summed E-state index contributed by atoms with van der Waals surface area (Å²) in [6.07, 6.45) is 0. The number of methoxy groups -OCH3 is 1. The average molecular weight is 569 g/mol. The van der Waals surface area contributed by atoms with Crippen molar-refractivity contribution >= 4 is 55.7 Å². The van der Waals surface area contributed by atoms with Crippen LogP contribution in [0.4, 0.5) is 5.13 Å². The molecule has 5 aromatic rings. The van der Waals surface area contributed by atoms with Crippen LogP contribution in [0.25, 0.3) is 16.0 Å². The summed E-state index contributed by atoms with van der Waals surface area (Å²) in [4.78, 5) is 33.1. The minimum atomic E-state index is -0.971. The van der Waals surface area contributed by atoms with Crippen LogP contribution in [-0.2, 0) is 9.59 Å². The molecule has 1 N–H and O–H groups in total. The Morgan fingerprint density at radius 2 is 1.65 bits per heavy atom. The molecule has 1 unspecified atom stereocenters. The van der Waals surface area contributed by atoms with Gasteiger partial charge in [0.1, 0.15) is 23.0 Å². The highest BCUT2D eigenvalue weighted by molar-refractivity contribution is 7.22. The van der Waals surface area contributed by atoms with Gasteiger partial charge in [-0.05, 0) is 60.2 Å². The highest BCUT2D eigenvalue weighted by atomic mass is 35.5. The molecule has 1 aliphatic rings. The average Bonchev–Trinajstić information content (AvgIpc) is 3.50. The molecule has 2 heterocycles. The molecule has 7 nitrogen and oxygen atoms in total. The van der Waals surface area contributed by atoms with Gasteiger partial charge in [0.25, 0.3) is 5.78 Å². The molecule has 1 fully saturated rings. The Kier molecular flexibility index (Phi) is 6.71. The van der Waals surface area contributed by atoms with Gasteiger partial charge in [-0.1, -0.05) is 65.4 Å². The predicted molar refractivity (Wildman–Crippen MR) is 155 cm³/mol. The van der Waals surface area contributed by atoms with Crippen molar-refractivity contribution in [1.29, 1.82) is 0 Å². The molecule has 1 aliphatic heterocycles. The fraction of sp³-hybridized carbons (Fsp3) is 0.0645. The number of halogens is 1. The van der Waals surface area contributed by atoms with Crippen LogP contribution >= 0.6 is 22.9 Å². The Morgan fingerprint density at radius 3 is 2.45 bits per heavy atom. The monoisotopic (exact) mass is 568 g/mol. The van der Waals surface area contributed by atoms with Gasteiger partial charge in [0.15, 0.2) is 5.13 Å². The molecular weight excluding hydrogens is 548 g/mol. The van der Waals surface area contributed by atoms with Crippen molar-refractivity contribution in [3.05, 3.63) is 119 Å². The van der Waals surface area contributed by atoms with Crippen LogP contribution < -0.4 is 14.4 Å². The van der Waals surface area contributed by atoms with E-state index in [-0.39, 0.29) is 11.3 Å². The number of carbonyl (C=O) groups is 2. The number of amides is 1. The molecule has 1 aromatic heterocycles. The highest BCUT2D eigenvalue weighted by Crippen LogP contribution is 2.45. The lowest BCUT2D eigenvalue weighted by Gasteiger charge is -2.23. The van der Waals surface area contributed by atoms with E-state index in [4.69, 9.17) is 21.1 Å². The van der Waals surface area contributed by atoms with Gasteiger partial charge in [0.05, 0.1) is 28.9 Å². The Bertz CT molecular complexity index is 1800. The number of ketones is 1. The standard InChI is InChI=1S/C31H21ClN2O5S/c1-38-22-11-6-8-19(16-22)28(35)26-27(18-7-5-12-23(15-18)39-21-9-3-2-4-10-21)34(30(37)29(26)36)31-33-24-14-13-20(32)17-25(24)40-31/h2-17,27,35H,1H3/b28-26+. The number of ether oxygens (including phenoxy) is 2. The van der Waals surface area contributed by atoms with Crippen molar-refractivity contribution < 1.29 is 24.2 Å². The number of fused-ring (bicyclic) bond motifs is 1. The predicted octanol–water partition coefficient (Wildman–Crippen LogP) is 7.38. The number of hydrogen-bond donors (Lipinski definition) is 1.